The highest BCUT2D eigenvalue weighted by atomic mass is 32.2. The van der Waals surface area contributed by atoms with Crippen LogP contribution in [0.1, 0.15) is 53.4 Å². The van der Waals surface area contributed by atoms with E-state index in [9.17, 15) is 13.7 Å². The Balaban J connectivity index is 2.41. The van der Waals surface area contributed by atoms with E-state index in [4.69, 9.17) is 4.99 Å². The molecule has 0 bridgehead atoms. The molecule has 0 aromatic rings. The number of amidine groups is 1. The minimum absolute atomic E-state index is 0.0898. The molecular formula is C30H40F2N4OS. The molecule has 38 heavy (non-hydrogen) atoms. The van der Waals surface area contributed by atoms with Crippen molar-refractivity contribution < 1.29 is 13.7 Å². The van der Waals surface area contributed by atoms with Crippen LogP contribution in [0.2, 0.25) is 0 Å². The first-order chi connectivity index (χ1) is 18.4. The molecule has 0 radical (unpaired) electrons. The van der Waals surface area contributed by atoms with Crippen LogP contribution < -0.4 is 5.32 Å². The molecule has 1 N–H and O–H groups in total. The van der Waals surface area contributed by atoms with Gasteiger partial charge >= 0.3 is 0 Å². The molecule has 206 valence electrons. The van der Waals surface area contributed by atoms with Crippen molar-refractivity contribution in [3.63, 3.8) is 0 Å². The van der Waals surface area contributed by atoms with E-state index in [0.717, 1.165) is 22.9 Å². The van der Waals surface area contributed by atoms with Crippen molar-refractivity contribution in [1.29, 1.82) is 0 Å². The zero-order valence-corrected chi connectivity index (χ0v) is 23.7. The fraction of sp³-hybridized carbons (Fsp3) is 0.433. The summed E-state index contributed by atoms with van der Waals surface area (Å²) in [6.45, 7) is 12.1. The number of thioether (sulfide) groups is 1. The Hall–Kier alpha value is -3.00. The number of hydrogen-bond acceptors (Lipinski definition) is 5. The van der Waals surface area contributed by atoms with Crippen molar-refractivity contribution in [2.75, 3.05) is 19.8 Å². The van der Waals surface area contributed by atoms with Crippen molar-refractivity contribution in [2.24, 2.45) is 16.1 Å². The molecule has 1 fully saturated rings. The van der Waals surface area contributed by atoms with Gasteiger partial charge in [-0.3, -0.25) is 14.2 Å². The highest BCUT2D eigenvalue weighted by Crippen LogP contribution is 2.34. The smallest absolute Gasteiger partial charge is 0.247 e. The van der Waals surface area contributed by atoms with E-state index in [1.165, 1.54) is 0 Å². The summed E-state index contributed by atoms with van der Waals surface area (Å²) in [5, 5.41) is 8.24. The minimum Gasteiger partial charge on any atom is -0.347 e. The Morgan fingerprint density at radius 3 is 2.79 bits per heavy atom. The van der Waals surface area contributed by atoms with E-state index < -0.39 is 6.67 Å². The number of carbonyl (C=O) groups excluding carboxylic acids is 1. The quantitative estimate of drug-likeness (QED) is 0.108. The third kappa shape index (κ3) is 8.51. The summed E-state index contributed by atoms with van der Waals surface area (Å²) in [4.78, 5) is 21.2. The third-order valence-electron chi connectivity index (χ3n) is 6.42. The third-order valence-corrected chi connectivity index (χ3v) is 7.50. The second-order valence-electron chi connectivity index (χ2n) is 9.05. The van der Waals surface area contributed by atoms with Crippen LogP contribution >= 0.6 is 11.8 Å². The number of aliphatic imine (C=N–C) groups is 1. The van der Waals surface area contributed by atoms with Gasteiger partial charge < -0.3 is 10.2 Å². The monoisotopic (exact) mass is 542 g/mol. The number of halogens is 2. The normalized spacial score (nSPS) is 20.1. The fourth-order valence-electron chi connectivity index (χ4n) is 4.26. The van der Waals surface area contributed by atoms with E-state index in [1.807, 2.05) is 50.5 Å². The molecule has 2 heterocycles. The molecule has 2 aliphatic rings. The van der Waals surface area contributed by atoms with E-state index in [0.29, 0.717) is 37.0 Å². The molecule has 1 amide bonds. The van der Waals surface area contributed by atoms with Gasteiger partial charge in [0.25, 0.3) is 0 Å². The molecule has 0 aromatic heterocycles. The van der Waals surface area contributed by atoms with Crippen molar-refractivity contribution >= 4 is 29.2 Å². The lowest BCUT2D eigenvalue weighted by atomic mass is 9.96. The lowest BCUT2D eigenvalue weighted by molar-refractivity contribution is -0.118. The van der Waals surface area contributed by atoms with Crippen LogP contribution in [-0.4, -0.2) is 48.2 Å². The number of rotatable bonds is 14. The van der Waals surface area contributed by atoms with Crippen LogP contribution in [0.5, 0.6) is 0 Å². The Bertz CT molecular complexity index is 1080. The molecular weight excluding hydrogens is 502 g/mol. The number of nitrogens with one attached hydrogen (secondary N) is 1. The number of unbranched alkanes of at least 4 members (excludes halogenated alkanes) is 1. The Morgan fingerprint density at radius 1 is 1.37 bits per heavy atom. The van der Waals surface area contributed by atoms with E-state index in [1.54, 1.807) is 36.1 Å². The van der Waals surface area contributed by atoms with Gasteiger partial charge in [-0.2, -0.15) is 0 Å². The van der Waals surface area contributed by atoms with Crippen molar-refractivity contribution in [1.82, 2.24) is 10.2 Å². The maximum atomic E-state index is 13.8. The summed E-state index contributed by atoms with van der Waals surface area (Å²) in [6, 6.07) is -0.187. The molecule has 2 atom stereocenters. The summed E-state index contributed by atoms with van der Waals surface area (Å²) in [7, 11) is 0. The first-order valence-corrected chi connectivity index (χ1v) is 14.0. The van der Waals surface area contributed by atoms with Gasteiger partial charge in [0.15, 0.2) is 0 Å². The number of hydrogen-bond donors (Lipinski definition) is 1. The van der Waals surface area contributed by atoms with Crippen molar-refractivity contribution in [2.45, 2.75) is 59.4 Å². The second-order valence-corrected chi connectivity index (χ2v) is 9.99. The predicted molar refractivity (Wildman–Crippen MR) is 159 cm³/mol. The van der Waals surface area contributed by atoms with Crippen LogP contribution in [0.25, 0.3) is 0 Å². The van der Waals surface area contributed by atoms with E-state index in [-0.39, 0.29) is 30.1 Å². The first-order valence-electron chi connectivity index (χ1n) is 13.2. The summed E-state index contributed by atoms with van der Waals surface area (Å²) < 4.78 is 26.3. The van der Waals surface area contributed by atoms with Gasteiger partial charge in [-0.25, -0.2) is 0 Å². The molecule has 0 aromatic carbocycles. The average molecular weight is 543 g/mol. The van der Waals surface area contributed by atoms with Crippen molar-refractivity contribution in [3.05, 3.63) is 82.3 Å². The largest absolute Gasteiger partial charge is 0.347 e. The number of alkyl halides is 1. The first kappa shape index (κ1) is 31.2. The van der Waals surface area contributed by atoms with Gasteiger partial charge in [0.05, 0.1) is 19.3 Å². The van der Waals surface area contributed by atoms with Gasteiger partial charge in [0, 0.05) is 34.7 Å². The average Bonchev–Trinajstić information content (AvgIpc) is 3.35. The Labute approximate surface area is 230 Å². The highest BCUT2D eigenvalue weighted by Gasteiger charge is 2.37. The number of amides is 1. The van der Waals surface area contributed by atoms with Crippen LogP contribution in [-0.2, 0) is 4.79 Å². The predicted octanol–water partition coefficient (Wildman–Crippen LogP) is 7.36. The van der Waals surface area contributed by atoms with Gasteiger partial charge in [-0.1, -0.05) is 84.4 Å². The molecule has 2 rings (SSSR count). The molecule has 2 aliphatic heterocycles. The lowest BCUT2D eigenvalue weighted by Gasteiger charge is -2.29. The summed E-state index contributed by atoms with van der Waals surface area (Å²) in [5.74, 6) is 0.780. The van der Waals surface area contributed by atoms with Crippen molar-refractivity contribution in [3.8, 4) is 0 Å². The zero-order valence-electron chi connectivity index (χ0n) is 22.9. The summed E-state index contributed by atoms with van der Waals surface area (Å²) >= 11 is 1.57. The molecule has 5 nitrogen and oxygen atoms in total. The number of carbonyl (C=O) groups is 1. The highest BCUT2D eigenvalue weighted by molar-refractivity contribution is 8.06. The zero-order chi connectivity index (χ0) is 27.9. The van der Waals surface area contributed by atoms with Gasteiger partial charge in [0.1, 0.15) is 11.5 Å². The maximum Gasteiger partial charge on any atom is 0.247 e. The van der Waals surface area contributed by atoms with Crippen LogP contribution in [0.4, 0.5) is 8.87 Å². The summed E-state index contributed by atoms with van der Waals surface area (Å²) in [6.07, 6.45) is 16.7. The Kier molecular flexibility index (Phi) is 13.8. The van der Waals surface area contributed by atoms with Gasteiger partial charge in [-0.15, -0.1) is 0 Å². The lowest BCUT2D eigenvalue weighted by Crippen LogP contribution is -2.40. The van der Waals surface area contributed by atoms with E-state index >= 15 is 0 Å². The minimum atomic E-state index is -0.421. The molecule has 0 aliphatic carbocycles. The standard InChI is InChI=1S/C30H40F2N4OS/c1-6-10-12-15-24(22(5)8-3)30(37)34-23-19-27-25(26(35-32)16-13-11-14-17-31)20-33-29(36(27)21-23)28(9-4)38-18-7-2/h6-7,9-10,12-13,15-16,18,22-23H,1,8,11,14,17,19-21H2,2-5H3,(H,34,37)/b12-10-,16-13-,18-7-,24-15+,28-9+,35-26?. The second kappa shape index (κ2) is 16.8. The maximum absolute atomic E-state index is 13.8. The topological polar surface area (TPSA) is 57.1 Å². The number of nitrogens with zero attached hydrogens (tertiary/aromatic N) is 3. The fourth-order valence-corrected chi connectivity index (χ4v) is 4.96. The number of allylic oxidation sites excluding steroid dienone is 8. The van der Waals surface area contributed by atoms with Crippen LogP contribution in [0.15, 0.2) is 92.6 Å². The molecule has 8 heteroatoms. The number of fused-ring (bicyclic) bond motifs is 1. The van der Waals surface area contributed by atoms with Gasteiger partial charge in [0.2, 0.25) is 5.91 Å². The summed E-state index contributed by atoms with van der Waals surface area (Å²) in [5.41, 5.74) is 2.48. The Morgan fingerprint density at radius 2 is 2.16 bits per heavy atom. The van der Waals surface area contributed by atoms with Gasteiger partial charge in [-0.05, 0) is 50.5 Å². The van der Waals surface area contributed by atoms with Crippen LogP contribution in [0.3, 0.4) is 0 Å². The van der Waals surface area contributed by atoms with Crippen LogP contribution in [0, 0.1) is 5.92 Å². The van der Waals surface area contributed by atoms with E-state index in [2.05, 4.69) is 28.9 Å². The molecule has 1 saturated heterocycles. The SMILES string of the molecule is C=C/C=C\C=C(\C(=O)NC1CC2=C(C(/C=C\CCCF)=NF)CN=C(/C(=C\C)S/C=C\C)N2C1)C(C)CC. The molecule has 2 unspecified atom stereocenters. The molecule has 0 spiro atoms. The molecule has 0 saturated carbocycles.